The van der Waals surface area contributed by atoms with E-state index in [1.54, 1.807) is 0 Å². The molecule has 1 unspecified atom stereocenters. The Balaban J connectivity index is 1.52. The van der Waals surface area contributed by atoms with Gasteiger partial charge in [0.15, 0.2) is 0 Å². The second-order valence-electron chi connectivity index (χ2n) is 6.33. The van der Waals surface area contributed by atoms with Gasteiger partial charge in [-0.15, -0.1) is 0 Å². The molecule has 1 aliphatic rings. The molecule has 2 amide bonds. The van der Waals surface area contributed by atoms with Gasteiger partial charge in [0.25, 0.3) is 0 Å². The monoisotopic (exact) mass is 319 g/mol. The number of aromatic nitrogens is 1. The summed E-state index contributed by atoms with van der Waals surface area (Å²) in [5.74, 6) is 0. The number of para-hydroxylation sites is 1. The number of fused-ring (bicyclic) bond motifs is 3. The summed E-state index contributed by atoms with van der Waals surface area (Å²) in [6, 6.07) is 18.4. The number of nitrogens with zero attached hydrogens (tertiary/aromatic N) is 1. The summed E-state index contributed by atoms with van der Waals surface area (Å²) < 4.78 is 0. The number of nitrogens with one attached hydrogen (secondary N) is 2. The van der Waals surface area contributed by atoms with Gasteiger partial charge < -0.3 is 15.2 Å². The summed E-state index contributed by atoms with van der Waals surface area (Å²) in [6.45, 7) is 3.40. The van der Waals surface area contributed by atoms with Crippen LogP contribution in [0.4, 0.5) is 4.79 Å². The zero-order valence-corrected chi connectivity index (χ0v) is 13.8. The molecule has 0 bridgehead atoms. The molecule has 1 atom stereocenters. The van der Waals surface area contributed by atoms with Crippen LogP contribution in [0.1, 0.15) is 29.8 Å². The van der Waals surface area contributed by atoms with Gasteiger partial charge >= 0.3 is 6.03 Å². The topological polar surface area (TPSA) is 48.1 Å². The van der Waals surface area contributed by atoms with Gasteiger partial charge in [0.2, 0.25) is 0 Å². The third-order valence-electron chi connectivity index (χ3n) is 4.88. The first-order valence-electron chi connectivity index (χ1n) is 8.42. The molecule has 1 aromatic heterocycles. The smallest absolute Gasteiger partial charge is 0.318 e. The Morgan fingerprint density at radius 2 is 1.92 bits per heavy atom. The highest BCUT2D eigenvalue weighted by molar-refractivity contribution is 5.86. The molecule has 4 nitrogen and oxygen atoms in total. The maximum Gasteiger partial charge on any atom is 0.318 e. The van der Waals surface area contributed by atoms with Gasteiger partial charge in [0.1, 0.15) is 0 Å². The third-order valence-corrected chi connectivity index (χ3v) is 4.88. The minimum absolute atomic E-state index is 0.00402. The molecule has 24 heavy (non-hydrogen) atoms. The van der Waals surface area contributed by atoms with Gasteiger partial charge in [-0.25, -0.2) is 4.79 Å². The molecule has 0 fully saturated rings. The Morgan fingerprint density at radius 3 is 2.75 bits per heavy atom. The van der Waals surface area contributed by atoms with Gasteiger partial charge in [-0.05, 0) is 30.5 Å². The van der Waals surface area contributed by atoms with Crippen LogP contribution in [-0.2, 0) is 13.0 Å². The van der Waals surface area contributed by atoms with Gasteiger partial charge in [0, 0.05) is 29.7 Å². The van der Waals surface area contributed by atoms with Crippen molar-refractivity contribution in [2.45, 2.75) is 25.9 Å². The van der Waals surface area contributed by atoms with Crippen molar-refractivity contribution in [1.82, 2.24) is 15.2 Å². The van der Waals surface area contributed by atoms with E-state index >= 15 is 0 Å². The second-order valence-corrected chi connectivity index (χ2v) is 6.33. The van der Waals surface area contributed by atoms with Crippen molar-refractivity contribution in [2.75, 3.05) is 6.54 Å². The van der Waals surface area contributed by atoms with Crippen molar-refractivity contribution < 1.29 is 4.79 Å². The number of amides is 2. The normalized spacial score (nSPS) is 16.9. The molecule has 3 aromatic rings. The van der Waals surface area contributed by atoms with E-state index < -0.39 is 0 Å². The van der Waals surface area contributed by atoms with Gasteiger partial charge in [-0.1, -0.05) is 48.5 Å². The van der Waals surface area contributed by atoms with Crippen LogP contribution in [0, 0.1) is 0 Å². The number of urea groups is 1. The number of carbonyl (C=O) groups excluding carboxylic acids is 1. The molecule has 4 rings (SSSR count). The van der Waals surface area contributed by atoms with Crippen LogP contribution in [0.3, 0.4) is 0 Å². The van der Waals surface area contributed by atoms with Gasteiger partial charge in [0.05, 0.1) is 6.04 Å². The van der Waals surface area contributed by atoms with Crippen molar-refractivity contribution in [2.24, 2.45) is 0 Å². The highest BCUT2D eigenvalue weighted by atomic mass is 16.2. The summed E-state index contributed by atoms with van der Waals surface area (Å²) in [7, 11) is 0. The van der Waals surface area contributed by atoms with E-state index in [2.05, 4.69) is 35.4 Å². The van der Waals surface area contributed by atoms with Crippen molar-refractivity contribution in [3.05, 3.63) is 71.4 Å². The zero-order valence-electron chi connectivity index (χ0n) is 13.8. The summed E-state index contributed by atoms with van der Waals surface area (Å²) >= 11 is 0. The zero-order chi connectivity index (χ0) is 16.5. The van der Waals surface area contributed by atoms with Crippen LogP contribution >= 0.6 is 0 Å². The maximum absolute atomic E-state index is 12.6. The largest absolute Gasteiger partial charge is 0.356 e. The number of aromatic amines is 1. The van der Waals surface area contributed by atoms with Crippen molar-refractivity contribution in [1.29, 1.82) is 0 Å². The molecular weight excluding hydrogens is 298 g/mol. The summed E-state index contributed by atoms with van der Waals surface area (Å²) in [5.41, 5.74) is 4.78. The molecule has 0 saturated heterocycles. The molecule has 2 heterocycles. The summed E-state index contributed by atoms with van der Waals surface area (Å²) in [6.07, 6.45) is 0.891. The minimum atomic E-state index is -0.00402. The van der Waals surface area contributed by atoms with E-state index in [1.807, 2.05) is 41.3 Å². The summed E-state index contributed by atoms with van der Waals surface area (Å²) in [5, 5.41) is 4.32. The number of hydrogen-bond donors (Lipinski definition) is 2. The average molecular weight is 319 g/mol. The summed E-state index contributed by atoms with van der Waals surface area (Å²) in [4.78, 5) is 18.0. The molecule has 0 spiro atoms. The Hall–Kier alpha value is -2.75. The van der Waals surface area contributed by atoms with Crippen molar-refractivity contribution in [3.8, 4) is 0 Å². The third kappa shape index (κ3) is 2.54. The predicted octanol–water partition coefficient (Wildman–Crippen LogP) is 4.00. The van der Waals surface area contributed by atoms with E-state index in [0.29, 0.717) is 6.54 Å². The Bertz CT molecular complexity index is 869. The Morgan fingerprint density at radius 1 is 1.17 bits per heavy atom. The highest BCUT2D eigenvalue weighted by Gasteiger charge is 2.30. The molecule has 2 N–H and O–H groups in total. The SMILES string of the molecule is CC1c2[nH]c3ccccc3c2CCN1C(=O)NCc1ccccc1. The number of H-pyrrole nitrogens is 1. The predicted molar refractivity (Wildman–Crippen MR) is 95.8 cm³/mol. The number of hydrogen-bond acceptors (Lipinski definition) is 1. The minimum Gasteiger partial charge on any atom is -0.356 e. The first kappa shape index (κ1) is 14.8. The Kier molecular flexibility index (Phi) is 3.73. The van der Waals surface area contributed by atoms with Crippen LogP contribution < -0.4 is 5.32 Å². The van der Waals surface area contributed by atoms with Crippen molar-refractivity contribution >= 4 is 16.9 Å². The fourth-order valence-corrected chi connectivity index (χ4v) is 3.58. The van der Waals surface area contributed by atoms with Crippen LogP contribution in [-0.4, -0.2) is 22.5 Å². The molecule has 0 radical (unpaired) electrons. The van der Waals surface area contributed by atoms with Crippen molar-refractivity contribution in [3.63, 3.8) is 0 Å². The van der Waals surface area contributed by atoms with E-state index in [4.69, 9.17) is 0 Å². The molecule has 122 valence electrons. The molecule has 2 aromatic carbocycles. The number of carbonyl (C=O) groups is 1. The van der Waals surface area contributed by atoms with E-state index in [1.165, 1.54) is 10.9 Å². The molecule has 0 saturated carbocycles. The van der Waals surface area contributed by atoms with Crippen LogP contribution in [0.2, 0.25) is 0 Å². The van der Waals surface area contributed by atoms with E-state index in [0.717, 1.165) is 29.7 Å². The van der Waals surface area contributed by atoms with Crippen LogP contribution in [0.15, 0.2) is 54.6 Å². The van der Waals surface area contributed by atoms with E-state index in [9.17, 15) is 4.79 Å². The van der Waals surface area contributed by atoms with Crippen LogP contribution in [0.5, 0.6) is 0 Å². The van der Waals surface area contributed by atoms with E-state index in [-0.39, 0.29) is 12.1 Å². The quantitative estimate of drug-likeness (QED) is 0.737. The lowest BCUT2D eigenvalue weighted by Crippen LogP contribution is -2.44. The van der Waals surface area contributed by atoms with Gasteiger partial charge in [-0.2, -0.15) is 0 Å². The fourth-order valence-electron chi connectivity index (χ4n) is 3.58. The molecular formula is C20H21N3O. The molecule has 0 aliphatic carbocycles. The fraction of sp³-hybridized carbons (Fsp3) is 0.250. The maximum atomic E-state index is 12.6. The lowest BCUT2D eigenvalue weighted by molar-refractivity contribution is 0.173. The Labute approximate surface area is 141 Å². The lowest BCUT2D eigenvalue weighted by Gasteiger charge is -2.33. The number of benzene rings is 2. The molecule has 4 heteroatoms. The highest BCUT2D eigenvalue weighted by Crippen LogP contribution is 2.34. The first-order valence-corrected chi connectivity index (χ1v) is 8.42. The average Bonchev–Trinajstić information content (AvgIpc) is 3.01. The van der Waals surface area contributed by atoms with Crippen LogP contribution in [0.25, 0.3) is 10.9 Å². The standard InChI is InChI=1S/C20H21N3O/c1-14-19-17(16-9-5-6-10-18(16)22-19)11-12-23(14)20(24)21-13-15-7-3-2-4-8-15/h2-10,14,22H,11-13H2,1H3,(H,21,24). The lowest BCUT2D eigenvalue weighted by atomic mass is 9.98. The molecule has 1 aliphatic heterocycles. The first-order chi connectivity index (χ1) is 11.7. The van der Waals surface area contributed by atoms with Gasteiger partial charge in [-0.3, -0.25) is 0 Å². The second kappa shape index (κ2) is 6.04. The number of rotatable bonds is 2.